The first kappa shape index (κ1) is 37.4. The Morgan fingerprint density at radius 3 is 2.55 bits per heavy atom. The third-order valence-corrected chi connectivity index (χ3v) is 12.8. The summed E-state index contributed by atoms with van der Waals surface area (Å²) in [4.78, 5) is 60.6. The zero-order valence-electron chi connectivity index (χ0n) is 30.4. The first-order chi connectivity index (χ1) is 25.3. The molecule has 3 amide bonds. The fourth-order valence-electron chi connectivity index (χ4n) is 6.98. The maximum atomic E-state index is 14.5. The van der Waals surface area contributed by atoms with Crippen molar-refractivity contribution in [3.63, 3.8) is 0 Å². The molecule has 53 heavy (non-hydrogen) atoms. The average Bonchev–Trinajstić information content (AvgIpc) is 3.97. The quantitative estimate of drug-likeness (QED) is 0.206. The van der Waals surface area contributed by atoms with Crippen molar-refractivity contribution < 1.29 is 32.4 Å². The van der Waals surface area contributed by atoms with Gasteiger partial charge in [0.15, 0.2) is 0 Å². The monoisotopic (exact) mass is 764 g/mol. The number of aromatic nitrogens is 2. The Morgan fingerprint density at radius 1 is 1.06 bits per heavy atom. The molecule has 0 spiro atoms. The molecule has 0 bridgehead atoms. The third kappa shape index (κ3) is 8.58. The largest absolute Gasteiger partial charge is 0.471 e. The Hall–Kier alpha value is -3.92. The van der Waals surface area contributed by atoms with E-state index in [0.717, 1.165) is 30.6 Å². The van der Waals surface area contributed by atoms with E-state index in [2.05, 4.69) is 15.5 Å². The van der Waals surface area contributed by atoms with Crippen molar-refractivity contribution in [2.24, 2.45) is 11.3 Å². The smallest absolute Gasteiger partial charge is 0.259 e. The van der Waals surface area contributed by atoms with Crippen LogP contribution in [0.1, 0.15) is 78.6 Å². The van der Waals surface area contributed by atoms with Gasteiger partial charge in [0.25, 0.3) is 5.91 Å². The van der Waals surface area contributed by atoms with E-state index in [4.69, 9.17) is 19.5 Å². The molecular formula is C38H48N6O7S2. The minimum atomic E-state index is -3.86. The number of para-hydroxylation sites is 2. The summed E-state index contributed by atoms with van der Waals surface area (Å²) in [6, 6.07) is 9.62. The van der Waals surface area contributed by atoms with Crippen LogP contribution in [0.15, 0.2) is 53.9 Å². The van der Waals surface area contributed by atoms with Gasteiger partial charge < -0.3 is 19.8 Å². The van der Waals surface area contributed by atoms with E-state index in [0.29, 0.717) is 48.5 Å². The van der Waals surface area contributed by atoms with Gasteiger partial charge in [-0.15, -0.1) is 11.3 Å². The lowest BCUT2D eigenvalue weighted by Gasteiger charge is -2.30. The van der Waals surface area contributed by atoms with E-state index in [1.165, 1.54) is 16.2 Å². The Kier molecular flexibility index (Phi) is 10.6. The predicted molar refractivity (Wildman–Crippen MR) is 201 cm³/mol. The molecule has 2 aliphatic heterocycles. The van der Waals surface area contributed by atoms with Crippen molar-refractivity contribution >= 4 is 50.1 Å². The zero-order chi connectivity index (χ0) is 37.4. The SMILES string of the molecule is CC(C)(C)CON[C@H]1CCCCC/C=C\[C@@H]2C[C@@]2(C(=O)NS(=O)(=O)C2CC2)NC(=O)[C@@H]2C[C@@H](Oc3nc4ccccc4nc3-c3cccs3)CN2C1=O. The van der Waals surface area contributed by atoms with Crippen LogP contribution >= 0.6 is 11.3 Å². The van der Waals surface area contributed by atoms with E-state index in [1.54, 1.807) is 0 Å². The number of carbonyl (C=O) groups excluding carboxylic acids is 3. The summed E-state index contributed by atoms with van der Waals surface area (Å²) >= 11 is 1.50. The fourth-order valence-corrected chi connectivity index (χ4v) is 9.05. The number of nitrogens with one attached hydrogen (secondary N) is 3. The summed E-state index contributed by atoms with van der Waals surface area (Å²) in [6.45, 7) is 6.56. The van der Waals surface area contributed by atoms with Crippen molar-refractivity contribution in [1.29, 1.82) is 0 Å². The van der Waals surface area contributed by atoms with Gasteiger partial charge in [0.05, 0.1) is 34.3 Å². The van der Waals surface area contributed by atoms with Gasteiger partial charge in [-0.25, -0.2) is 18.4 Å². The number of nitrogens with zero attached hydrogens (tertiary/aromatic N) is 3. The number of benzene rings is 1. The second kappa shape index (κ2) is 15.1. The summed E-state index contributed by atoms with van der Waals surface area (Å²) in [6.07, 6.45) is 8.36. The van der Waals surface area contributed by atoms with E-state index in [1.807, 2.05) is 74.7 Å². The lowest BCUT2D eigenvalue weighted by molar-refractivity contribution is -0.145. The zero-order valence-corrected chi connectivity index (χ0v) is 32.0. The number of amides is 3. The molecule has 4 heterocycles. The third-order valence-electron chi connectivity index (χ3n) is 10.1. The summed E-state index contributed by atoms with van der Waals surface area (Å²) in [5.41, 5.74) is 3.33. The molecule has 5 atom stereocenters. The highest BCUT2D eigenvalue weighted by molar-refractivity contribution is 7.91. The van der Waals surface area contributed by atoms with Gasteiger partial charge in [-0.1, -0.05) is 64.0 Å². The van der Waals surface area contributed by atoms with Gasteiger partial charge in [-0.2, -0.15) is 5.48 Å². The first-order valence-corrected chi connectivity index (χ1v) is 21.0. The normalized spacial score (nSPS) is 27.6. The number of allylic oxidation sites excluding steroid dienone is 1. The standard InChI is InChI=1S/C38H48N6O7S2/c1-37(2,3)23-50-42-29-15-8-6-4-5-7-12-24-21-38(24,36(47)43-53(48,49)26-17-18-26)41-33(45)30-20-25(22-44(30)35(29)46)51-34-32(31-16-11-19-52-31)39-27-13-9-10-14-28(27)40-34/h7,9-14,16,19,24-26,29-30,42H,4-6,8,15,17-18,20-23H2,1-3H3,(H,41,45)(H,43,47)/b12-7-/t24-,25-,29+,30+,38-/m1/s1. The summed E-state index contributed by atoms with van der Waals surface area (Å²) in [5.74, 6) is -1.70. The summed E-state index contributed by atoms with van der Waals surface area (Å²) < 4.78 is 34.5. The highest BCUT2D eigenvalue weighted by Crippen LogP contribution is 2.46. The Bertz CT molecular complexity index is 1980. The van der Waals surface area contributed by atoms with Crippen molar-refractivity contribution in [1.82, 2.24) is 30.4 Å². The number of ether oxygens (including phenoxy) is 1. The highest BCUT2D eigenvalue weighted by atomic mass is 32.2. The van der Waals surface area contributed by atoms with Crippen molar-refractivity contribution in [3.8, 4) is 16.5 Å². The molecule has 3 fully saturated rings. The van der Waals surface area contributed by atoms with Gasteiger partial charge in [0, 0.05) is 12.3 Å². The van der Waals surface area contributed by atoms with E-state index in [-0.39, 0.29) is 36.6 Å². The number of rotatable bonds is 9. The summed E-state index contributed by atoms with van der Waals surface area (Å²) in [5, 5.41) is 4.28. The number of hydroxylamine groups is 1. The molecule has 15 heteroatoms. The van der Waals surface area contributed by atoms with Crippen molar-refractivity contribution in [2.75, 3.05) is 13.2 Å². The van der Waals surface area contributed by atoms with Gasteiger partial charge >= 0.3 is 0 Å². The van der Waals surface area contributed by atoms with Gasteiger partial charge in [-0.05, 0) is 67.5 Å². The average molecular weight is 765 g/mol. The lowest BCUT2D eigenvalue weighted by atomic mass is 9.99. The molecule has 2 aliphatic carbocycles. The maximum Gasteiger partial charge on any atom is 0.259 e. The van der Waals surface area contributed by atoms with Crippen LogP contribution in [0.5, 0.6) is 5.88 Å². The minimum absolute atomic E-state index is 0.0747. The van der Waals surface area contributed by atoms with E-state index >= 15 is 0 Å². The molecule has 284 valence electrons. The first-order valence-electron chi connectivity index (χ1n) is 18.5. The predicted octanol–water partition coefficient (Wildman–Crippen LogP) is 4.65. The molecule has 3 aromatic rings. The summed E-state index contributed by atoms with van der Waals surface area (Å²) in [7, 11) is -3.86. The Morgan fingerprint density at radius 2 is 1.83 bits per heavy atom. The van der Waals surface area contributed by atoms with Crippen LogP contribution in [-0.4, -0.2) is 83.1 Å². The maximum absolute atomic E-state index is 14.5. The molecule has 2 saturated carbocycles. The number of hydrogen-bond donors (Lipinski definition) is 3. The van der Waals surface area contributed by atoms with Crippen LogP contribution in [0, 0.1) is 11.3 Å². The molecule has 1 aromatic carbocycles. The number of hydrogen-bond acceptors (Lipinski definition) is 11. The number of sulfonamides is 1. The lowest BCUT2D eigenvalue weighted by Crippen LogP contribution is -2.58. The van der Waals surface area contributed by atoms with Crippen LogP contribution in [0.4, 0.5) is 0 Å². The van der Waals surface area contributed by atoms with Crippen LogP contribution in [0.25, 0.3) is 21.6 Å². The van der Waals surface area contributed by atoms with Gasteiger partial charge in [0.1, 0.15) is 29.4 Å². The van der Waals surface area contributed by atoms with E-state index < -0.39 is 50.8 Å². The molecule has 3 N–H and O–H groups in total. The van der Waals surface area contributed by atoms with E-state index in [9.17, 15) is 22.8 Å². The number of thiophene rings is 1. The topological polar surface area (TPSA) is 169 Å². The molecule has 4 aliphatic rings. The Balaban J connectivity index is 1.20. The highest BCUT2D eigenvalue weighted by Gasteiger charge is 2.62. The second-order valence-corrected chi connectivity index (χ2v) is 18.8. The van der Waals surface area contributed by atoms with Gasteiger partial charge in [-0.3, -0.25) is 19.1 Å². The van der Waals surface area contributed by atoms with Crippen LogP contribution in [0.3, 0.4) is 0 Å². The fraction of sp³-hybridized carbons (Fsp3) is 0.553. The number of fused-ring (bicyclic) bond motifs is 3. The minimum Gasteiger partial charge on any atom is -0.471 e. The number of carbonyl (C=O) groups is 3. The van der Waals surface area contributed by atoms with Crippen LogP contribution < -0.4 is 20.3 Å². The molecule has 2 aromatic heterocycles. The molecule has 0 unspecified atom stereocenters. The Labute approximate surface area is 314 Å². The molecule has 0 radical (unpaired) electrons. The molecule has 7 rings (SSSR count). The van der Waals surface area contributed by atoms with Crippen LogP contribution in [0.2, 0.25) is 0 Å². The van der Waals surface area contributed by atoms with Gasteiger partial charge in [0.2, 0.25) is 27.7 Å². The molecule has 1 saturated heterocycles. The molecule has 13 nitrogen and oxygen atoms in total. The van der Waals surface area contributed by atoms with Crippen LogP contribution in [-0.2, 0) is 29.2 Å². The molecular weight excluding hydrogens is 717 g/mol. The van der Waals surface area contributed by atoms with Crippen molar-refractivity contribution in [3.05, 3.63) is 53.9 Å². The second-order valence-electron chi connectivity index (χ2n) is 15.9. The van der Waals surface area contributed by atoms with Crippen molar-refractivity contribution in [2.45, 2.75) is 108 Å².